The third kappa shape index (κ3) is 6.83. The number of hydrogen-bond acceptors (Lipinski definition) is 8. The van der Waals surface area contributed by atoms with Crippen LogP contribution in [0, 0.1) is 34.5 Å². The highest BCUT2D eigenvalue weighted by atomic mass is 32.2. The lowest BCUT2D eigenvalue weighted by atomic mass is 9.43. The topological polar surface area (TPSA) is 143 Å². The number of carbonyl (C=O) groups is 4. The molecule has 4 saturated carbocycles. The van der Waals surface area contributed by atoms with Gasteiger partial charge in [-0.3, -0.25) is 9.59 Å². The van der Waals surface area contributed by atoms with Crippen molar-refractivity contribution in [2.24, 2.45) is 34.5 Å². The fraction of sp³-hybridized carbons (Fsp3) is 0.846. The molecular formula is C39H59N3O7S. The molecule has 0 aromatic heterocycles. The lowest BCUT2D eigenvalue weighted by molar-refractivity contribution is -0.210. The zero-order valence-electron chi connectivity index (χ0n) is 30.1. The van der Waals surface area contributed by atoms with E-state index in [2.05, 4.69) is 29.8 Å². The Morgan fingerprint density at radius 1 is 0.980 bits per heavy atom. The summed E-state index contributed by atoms with van der Waals surface area (Å²) >= 11 is 1.91. The number of urea groups is 1. The molecule has 3 aliphatic heterocycles. The van der Waals surface area contributed by atoms with Crippen molar-refractivity contribution in [1.82, 2.24) is 16.0 Å². The number of ether oxygens (including phenoxy) is 2. The molecule has 278 valence electrons. The number of carbonyl (C=O) groups excluding carboxylic acids is 4. The van der Waals surface area contributed by atoms with Gasteiger partial charge in [0.15, 0.2) is 0 Å². The number of aliphatic hydroxyl groups is 1. The van der Waals surface area contributed by atoms with Crippen LogP contribution in [0.1, 0.15) is 123 Å². The van der Waals surface area contributed by atoms with Crippen molar-refractivity contribution in [2.45, 2.75) is 152 Å². The molecule has 10 nitrogen and oxygen atoms in total. The Labute approximate surface area is 301 Å². The Balaban J connectivity index is 0.775. The Bertz CT molecular complexity index is 1360. The first-order valence-electron chi connectivity index (χ1n) is 19.7. The van der Waals surface area contributed by atoms with E-state index in [-0.39, 0.29) is 64.7 Å². The minimum atomic E-state index is -0.707. The molecule has 7 aliphatic rings. The van der Waals surface area contributed by atoms with Crippen molar-refractivity contribution in [1.29, 1.82) is 0 Å². The van der Waals surface area contributed by atoms with Gasteiger partial charge in [-0.2, -0.15) is 11.8 Å². The first-order chi connectivity index (χ1) is 24.0. The second-order valence-electron chi connectivity index (χ2n) is 17.2. The van der Waals surface area contributed by atoms with E-state index in [4.69, 9.17) is 9.47 Å². The van der Waals surface area contributed by atoms with Gasteiger partial charge in [0.25, 0.3) is 0 Å². The Morgan fingerprint density at radius 2 is 1.82 bits per heavy atom. The molecule has 3 heterocycles. The van der Waals surface area contributed by atoms with E-state index in [0.29, 0.717) is 43.1 Å². The van der Waals surface area contributed by atoms with E-state index >= 15 is 0 Å². The molecular weight excluding hydrogens is 655 g/mol. The molecule has 0 bridgehead atoms. The van der Waals surface area contributed by atoms with Crippen LogP contribution in [0.3, 0.4) is 0 Å². The number of hydrogen-bond donors (Lipinski definition) is 4. The maximum absolute atomic E-state index is 12.8. The molecule has 3 amide bonds. The minimum Gasteiger partial charge on any atom is -0.462 e. The van der Waals surface area contributed by atoms with Crippen LogP contribution in [-0.4, -0.2) is 76.9 Å². The maximum atomic E-state index is 12.8. The molecule has 11 atom stereocenters. The lowest BCUT2D eigenvalue weighted by Gasteiger charge is -2.63. The number of esters is 2. The van der Waals surface area contributed by atoms with E-state index in [1.54, 1.807) is 6.08 Å². The molecule has 11 heteroatoms. The quantitative estimate of drug-likeness (QED) is 0.111. The molecule has 4 N–H and O–H groups in total. The largest absolute Gasteiger partial charge is 0.462 e. The van der Waals surface area contributed by atoms with Crippen LogP contribution in [0.15, 0.2) is 11.6 Å². The van der Waals surface area contributed by atoms with Gasteiger partial charge in [0.05, 0.1) is 17.7 Å². The predicted molar refractivity (Wildman–Crippen MR) is 191 cm³/mol. The van der Waals surface area contributed by atoms with Gasteiger partial charge in [0.1, 0.15) is 12.7 Å². The van der Waals surface area contributed by atoms with Crippen LogP contribution >= 0.6 is 11.8 Å². The van der Waals surface area contributed by atoms with E-state index in [1.807, 2.05) is 11.8 Å². The Hall–Kier alpha value is -2.27. The summed E-state index contributed by atoms with van der Waals surface area (Å²) in [6.45, 7) is 5.75. The van der Waals surface area contributed by atoms with Crippen LogP contribution < -0.4 is 16.0 Å². The molecule has 7 rings (SSSR count). The first-order valence-corrected chi connectivity index (χ1v) is 20.8. The van der Waals surface area contributed by atoms with E-state index in [0.717, 1.165) is 108 Å². The second kappa shape index (κ2) is 14.6. The van der Waals surface area contributed by atoms with Gasteiger partial charge in [0.2, 0.25) is 5.91 Å². The summed E-state index contributed by atoms with van der Waals surface area (Å²) in [6.07, 6.45) is 16.8. The average molecular weight is 714 g/mol. The average Bonchev–Trinajstić information content (AvgIpc) is 3.84. The van der Waals surface area contributed by atoms with Crippen LogP contribution in [0.4, 0.5) is 4.79 Å². The van der Waals surface area contributed by atoms with Gasteiger partial charge in [-0.15, -0.1) is 0 Å². The SMILES string of the molecule is C[C@]12CC[C@H](OC(=O)CCCCCNC(=O)CCCC[C@@H]3SC[C@@H]4NC(=O)N[C@@H]43)C[C@H]1CC[C@@H]1[C@@H]2CC[C@]2(C)[C@@H](C3=CC(=O)OC3)CC[C@]12O. The van der Waals surface area contributed by atoms with Crippen LogP contribution in [0.5, 0.6) is 0 Å². The van der Waals surface area contributed by atoms with E-state index in [9.17, 15) is 24.3 Å². The zero-order chi connectivity index (χ0) is 35.1. The first kappa shape index (κ1) is 36.1. The minimum absolute atomic E-state index is 0.0154. The third-order valence-electron chi connectivity index (χ3n) is 14.7. The molecule has 4 aliphatic carbocycles. The summed E-state index contributed by atoms with van der Waals surface area (Å²) in [5.41, 5.74) is 0.309. The molecule has 0 unspecified atom stereocenters. The van der Waals surface area contributed by atoms with Crippen LogP contribution in [-0.2, 0) is 23.9 Å². The summed E-state index contributed by atoms with van der Waals surface area (Å²) in [6, 6.07) is 0.411. The van der Waals surface area contributed by atoms with Crippen molar-refractivity contribution >= 4 is 35.6 Å². The highest BCUT2D eigenvalue weighted by Gasteiger charge is 2.67. The fourth-order valence-corrected chi connectivity index (χ4v) is 13.4. The van der Waals surface area contributed by atoms with Gasteiger partial charge in [0, 0.05) is 41.9 Å². The van der Waals surface area contributed by atoms with Crippen LogP contribution in [0.25, 0.3) is 0 Å². The van der Waals surface area contributed by atoms with E-state index < -0.39 is 5.60 Å². The molecule has 0 spiro atoms. The summed E-state index contributed by atoms with van der Waals surface area (Å²) < 4.78 is 11.3. The smallest absolute Gasteiger partial charge is 0.331 e. The number of fused-ring (bicyclic) bond motifs is 6. The summed E-state index contributed by atoms with van der Waals surface area (Å²) in [5.74, 6) is 2.19. The van der Waals surface area contributed by atoms with Gasteiger partial charge >= 0.3 is 18.0 Å². The molecule has 0 aromatic rings. The summed E-state index contributed by atoms with van der Waals surface area (Å²) in [5, 5.41) is 21.9. The van der Waals surface area contributed by atoms with Gasteiger partial charge in [-0.25, -0.2) is 9.59 Å². The monoisotopic (exact) mass is 713 g/mol. The Kier molecular flexibility index (Phi) is 10.6. The lowest BCUT2D eigenvalue weighted by Crippen LogP contribution is -2.62. The van der Waals surface area contributed by atoms with Gasteiger partial charge < -0.3 is 30.5 Å². The third-order valence-corrected chi connectivity index (χ3v) is 16.2. The highest BCUT2D eigenvalue weighted by Crippen LogP contribution is 2.70. The standard InChI is InChI=1S/C39H59N3O7S/c1-37-16-13-26(21-25(37)11-12-29-28(37)14-17-38(2)27(15-18-39(29,38)47)24-20-34(45)48-22-24)49-33(44)10-4-3-7-19-40-32(43)9-6-5-8-31-35-30(23-50-31)41-36(46)42-35/h20,25-31,35,47H,3-19,21-23H2,1-2H3,(H,40,43)(H2,41,42,46)/t25-,26+,27-,28+,29-,30+,31+,35+,37+,38-,39+/m1/s1. The van der Waals surface area contributed by atoms with Crippen molar-refractivity contribution in [3.05, 3.63) is 11.6 Å². The molecule has 50 heavy (non-hydrogen) atoms. The van der Waals surface area contributed by atoms with Gasteiger partial charge in [-0.05, 0) is 118 Å². The summed E-state index contributed by atoms with van der Waals surface area (Å²) in [7, 11) is 0. The van der Waals surface area contributed by atoms with Gasteiger partial charge in [-0.1, -0.05) is 26.7 Å². The second-order valence-corrected chi connectivity index (χ2v) is 18.5. The fourth-order valence-electron chi connectivity index (χ4n) is 11.9. The van der Waals surface area contributed by atoms with Crippen molar-refractivity contribution in [3.63, 3.8) is 0 Å². The van der Waals surface area contributed by atoms with E-state index in [1.165, 1.54) is 0 Å². The van der Waals surface area contributed by atoms with Crippen molar-refractivity contribution in [3.8, 4) is 0 Å². The maximum Gasteiger partial charge on any atom is 0.331 e. The number of amides is 3. The summed E-state index contributed by atoms with van der Waals surface area (Å²) in [4.78, 5) is 48.5. The Morgan fingerprint density at radius 3 is 2.64 bits per heavy atom. The number of rotatable bonds is 13. The number of cyclic esters (lactones) is 1. The van der Waals surface area contributed by atoms with Crippen molar-refractivity contribution in [2.75, 3.05) is 18.9 Å². The number of nitrogens with one attached hydrogen (secondary N) is 3. The molecule has 0 radical (unpaired) electrons. The normalized spacial score (nSPS) is 41.5. The molecule has 2 saturated heterocycles. The molecule has 6 fully saturated rings. The zero-order valence-corrected chi connectivity index (χ0v) is 31.0. The predicted octanol–water partition coefficient (Wildman–Crippen LogP) is 5.56. The molecule has 0 aromatic carbocycles. The number of thioether (sulfide) groups is 1. The number of unbranched alkanes of at least 4 members (excludes halogenated alkanes) is 3. The van der Waals surface area contributed by atoms with Crippen molar-refractivity contribution < 1.29 is 33.8 Å². The highest BCUT2D eigenvalue weighted by molar-refractivity contribution is 8.00. The van der Waals surface area contributed by atoms with Crippen LogP contribution in [0.2, 0.25) is 0 Å².